The Kier molecular flexibility index (Phi) is 14.5. The van der Waals surface area contributed by atoms with Crippen molar-refractivity contribution in [3.8, 4) is 0 Å². The Morgan fingerprint density at radius 3 is 2.13 bits per heavy atom. The number of rotatable bonds is 12. The highest BCUT2D eigenvalue weighted by atomic mass is 35.5. The molecule has 0 aliphatic rings. The number of likely N-dealkylation sites (N-methyl/N-ethyl adjacent to an activating group) is 1. The maximum absolute atomic E-state index is 11.9. The summed E-state index contributed by atoms with van der Waals surface area (Å²) in [6, 6.07) is 0. The molecule has 0 aromatic heterocycles. The van der Waals surface area contributed by atoms with Crippen LogP contribution in [-0.4, -0.2) is 56.8 Å². The Morgan fingerprint density at radius 2 is 1.61 bits per heavy atom. The van der Waals surface area contributed by atoms with Crippen LogP contribution in [0.3, 0.4) is 0 Å². The third-order valence-electron chi connectivity index (χ3n) is 3.15. The third kappa shape index (κ3) is 15.8. The Morgan fingerprint density at radius 1 is 0.957 bits per heavy atom. The van der Waals surface area contributed by atoms with E-state index in [0.29, 0.717) is 24.1 Å². The van der Waals surface area contributed by atoms with Gasteiger partial charge in [-0.3, -0.25) is 9.59 Å². The van der Waals surface area contributed by atoms with Gasteiger partial charge in [-0.05, 0) is 12.8 Å². The van der Waals surface area contributed by atoms with Crippen molar-refractivity contribution in [1.29, 1.82) is 0 Å². The van der Waals surface area contributed by atoms with Gasteiger partial charge in [-0.15, -0.1) is 0 Å². The average Bonchev–Trinajstić information content (AvgIpc) is 2.39. The second kappa shape index (κ2) is 13.6. The summed E-state index contributed by atoms with van der Waals surface area (Å²) in [6.07, 6.45) is 5.12. The average molecular weight is 352 g/mol. The van der Waals surface area contributed by atoms with E-state index in [4.69, 9.17) is 9.47 Å². The molecule has 0 aromatic rings. The summed E-state index contributed by atoms with van der Waals surface area (Å²) >= 11 is 0. The van der Waals surface area contributed by atoms with Gasteiger partial charge in [0.05, 0.1) is 34.2 Å². The molecule has 0 saturated carbocycles. The number of carbonyl (C=O) groups excluding carboxylic acids is 2. The van der Waals surface area contributed by atoms with Crippen LogP contribution in [-0.2, 0) is 19.1 Å². The van der Waals surface area contributed by atoms with Crippen LogP contribution >= 0.6 is 0 Å². The molecule has 23 heavy (non-hydrogen) atoms. The minimum atomic E-state index is -0.414. The van der Waals surface area contributed by atoms with E-state index in [9.17, 15) is 9.59 Å². The smallest absolute Gasteiger partial charge is 0.309 e. The lowest BCUT2D eigenvalue weighted by atomic mass is 10.1. The zero-order valence-corrected chi connectivity index (χ0v) is 16.2. The number of quaternary nitrogens is 1. The summed E-state index contributed by atoms with van der Waals surface area (Å²) in [5, 5.41) is 0. The molecule has 0 amide bonds. The number of hydrogen-bond acceptors (Lipinski definition) is 4. The van der Waals surface area contributed by atoms with E-state index >= 15 is 0 Å². The number of nitrogens with zero attached hydrogens (tertiary/aromatic N) is 1. The van der Waals surface area contributed by atoms with Gasteiger partial charge < -0.3 is 26.4 Å². The number of ether oxygens (including phenoxy) is 2. The fraction of sp³-hybridized carbons (Fsp3) is 0.882. The maximum atomic E-state index is 11.9. The van der Waals surface area contributed by atoms with E-state index in [1.54, 1.807) is 0 Å². The topological polar surface area (TPSA) is 52.6 Å². The van der Waals surface area contributed by atoms with Crippen molar-refractivity contribution < 1.29 is 36.0 Å². The highest BCUT2D eigenvalue weighted by Gasteiger charge is 2.25. The van der Waals surface area contributed by atoms with E-state index in [-0.39, 0.29) is 30.8 Å². The monoisotopic (exact) mass is 351 g/mol. The molecule has 0 aliphatic heterocycles. The number of unbranched alkanes of at least 4 members (excludes halogenated alkanes) is 3. The van der Waals surface area contributed by atoms with E-state index in [1.165, 1.54) is 0 Å². The molecule has 0 heterocycles. The molecule has 0 radical (unpaired) electrons. The van der Waals surface area contributed by atoms with Gasteiger partial charge in [-0.1, -0.05) is 33.1 Å². The van der Waals surface area contributed by atoms with Gasteiger partial charge >= 0.3 is 11.9 Å². The van der Waals surface area contributed by atoms with Gasteiger partial charge in [0, 0.05) is 6.42 Å². The molecule has 6 heteroatoms. The van der Waals surface area contributed by atoms with Crippen molar-refractivity contribution in [3.63, 3.8) is 0 Å². The normalized spacial score (nSPS) is 12.2. The van der Waals surface area contributed by atoms with Crippen LogP contribution in [0.5, 0.6) is 0 Å². The van der Waals surface area contributed by atoms with E-state index in [2.05, 4.69) is 6.92 Å². The minimum Gasteiger partial charge on any atom is -1.00 e. The maximum Gasteiger partial charge on any atom is 0.309 e. The Labute approximate surface area is 147 Å². The van der Waals surface area contributed by atoms with E-state index in [1.807, 2.05) is 28.1 Å². The second-order valence-corrected chi connectivity index (χ2v) is 6.82. The molecule has 0 spiro atoms. The van der Waals surface area contributed by atoms with E-state index in [0.717, 1.165) is 32.1 Å². The highest BCUT2D eigenvalue weighted by molar-refractivity contribution is 5.72. The highest BCUT2D eigenvalue weighted by Crippen LogP contribution is 2.10. The Hall–Kier alpha value is -0.810. The number of esters is 2. The van der Waals surface area contributed by atoms with Gasteiger partial charge in [0.15, 0.2) is 6.10 Å². The largest absolute Gasteiger partial charge is 1.00 e. The van der Waals surface area contributed by atoms with Crippen LogP contribution in [0.25, 0.3) is 0 Å². The van der Waals surface area contributed by atoms with Crippen LogP contribution in [0.4, 0.5) is 0 Å². The standard InChI is InChI=1S/C17H34NO4.ClH/c1-6-8-9-10-11-16(19)22-15(14-18(3,4)5)13-17(20)21-12-7-2;/h15H,6-14H2,1-5H3;1H/q+1;/p-1/t15-;/m1./s1. The predicted molar refractivity (Wildman–Crippen MR) is 87.4 cm³/mol. The molecular formula is C17H34ClNO4. The van der Waals surface area contributed by atoms with Crippen LogP contribution in [0.15, 0.2) is 0 Å². The molecule has 0 N–H and O–H groups in total. The van der Waals surface area contributed by atoms with Gasteiger partial charge in [-0.2, -0.15) is 0 Å². The van der Waals surface area contributed by atoms with Crippen molar-refractivity contribution in [2.45, 2.75) is 64.9 Å². The van der Waals surface area contributed by atoms with Crippen LogP contribution in [0.1, 0.15) is 58.8 Å². The lowest BCUT2D eigenvalue weighted by Gasteiger charge is -2.28. The van der Waals surface area contributed by atoms with Crippen molar-refractivity contribution in [3.05, 3.63) is 0 Å². The summed E-state index contributed by atoms with van der Waals surface area (Å²) in [5.74, 6) is -0.503. The summed E-state index contributed by atoms with van der Waals surface area (Å²) in [5.41, 5.74) is 0. The van der Waals surface area contributed by atoms with Crippen molar-refractivity contribution >= 4 is 11.9 Å². The molecule has 0 fully saturated rings. The quantitative estimate of drug-likeness (QED) is 0.280. The summed E-state index contributed by atoms with van der Waals surface area (Å²) in [6.45, 7) is 5.10. The molecular weight excluding hydrogens is 318 g/mol. The van der Waals surface area contributed by atoms with Crippen molar-refractivity contribution in [1.82, 2.24) is 0 Å². The number of carbonyl (C=O) groups is 2. The minimum absolute atomic E-state index is 0. The first-order valence-corrected chi connectivity index (χ1v) is 8.44. The van der Waals surface area contributed by atoms with Crippen LogP contribution < -0.4 is 12.4 Å². The lowest BCUT2D eigenvalue weighted by molar-refractivity contribution is -0.873. The van der Waals surface area contributed by atoms with Crippen LogP contribution in [0, 0.1) is 0 Å². The molecule has 0 unspecified atom stereocenters. The molecule has 138 valence electrons. The lowest BCUT2D eigenvalue weighted by Crippen LogP contribution is -3.00. The van der Waals surface area contributed by atoms with Crippen molar-refractivity contribution in [2.75, 3.05) is 34.3 Å². The fourth-order valence-electron chi connectivity index (χ4n) is 2.16. The molecule has 0 aliphatic carbocycles. The first kappa shape index (κ1) is 24.4. The summed E-state index contributed by atoms with van der Waals surface area (Å²) in [7, 11) is 6.04. The third-order valence-corrected chi connectivity index (χ3v) is 3.15. The number of hydrogen-bond donors (Lipinski definition) is 0. The molecule has 1 atom stereocenters. The summed E-state index contributed by atoms with van der Waals surface area (Å²) in [4.78, 5) is 23.7. The van der Waals surface area contributed by atoms with E-state index < -0.39 is 6.10 Å². The first-order valence-electron chi connectivity index (χ1n) is 8.44. The molecule has 0 rings (SSSR count). The first-order chi connectivity index (χ1) is 10.3. The zero-order chi connectivity index (χ0) is 17.0. The molecule has 5 nitrogen and oxygen atoms in total. The van der Waals surface area contributed by atoms with Gasteiger partial charge in [0.1, 0.15) is 6.54 Å². The molecule has 0 aromatic carbocycles. The molecule has 0 saturated heterocycles. The van der Waals surface area contributed by atoms with Crippen LogP contribution in [0.2, 0.25) is 0 Å². The fourth-order valence-corrected chi connectivity index (χ4v) is 2.16. The van der Waals surface area contributed by atoms with Gasteiger partial charge in [0.25, 0.3) is 0 Å². The summed E-state index contributed by atoms with van der Waals surface area (Å²) < 4.78 is 11.2. The molecule has 0 bridgehead atoms. The van der Waals surface area contributed by atoms with Crippen molar-refractivity contribution in [2.24, 2.45) is 0 Å². The van der Waals surface area contributed by atoms with Gasteiger partial charge in [-0.25, -0.2) is 0 Å². The number of halogens is 1. The Balaban J connectivity index is 0. The van der Waals surface area contributed by atoms with Gasteiger partial charge in [0.2, 0.25) is 0 Å². The predicted octanol–water partition coefficient (Wildman–Crippen LogP) is -0.0779. The second-order valence-electron chi connectivity index (χ2n) is 6.82. The SMILES string of the molecule is CCCCCCC(=O)O[C@H](CC(=O)OCCC)C[N+](C)(C)C.[Cl-]. The zero-order valence-electron chi connectivity index (χ0n) is 15.4. The Bertz CT molecular complexity index is 329.